The van der Waals surface area contributed by atoms with Gasteiger partial charge in [0.2, 0.25) is 0 Å². The number of allylic oxidation sites excluding steroid dienone is 4. The molecule has 0 spiro atoms. The van der Waals surface area contributed by atoms with Crippen molar-refractivity contribution in [2.45, 2.75) is 33.6 Å². The highest BCUT2D eigenvalue weighted by atomic mass is 31.0. The van der Waals surface area contributed by atoms with Crippen molar-refractivity contribution < 1.29 is 0 Å². The van der Waals surface area contributed by atoms with Crippen LogP contribution in [0.25, 0.3) is 0 Å². The van der Waals surface area contributed by atoms with E-state index in [1.54, 1.807) is 0 Å². The van der Waals surface area contributed by atoms with Gasteiger partial charge >= 0.3 is 0 Å². The first kappa shape index (κ1) is 10.9. The molecule has 0 saturated heterocycles. The lowest BCUT2D eigenvalue weighted by atomic mass is 9.84. The van der Waals surface area contributed by atoms with Crippen LogP contribution in [0.3, 0.4) is 0 Å². The highest BCUT2D eigenvalue weighted by molar-refractivity contribution is 6.92. The quantitative estimate of drug-likeness (QED) is 0.489. The van der Waals surface area contributed by atoms with E-state index in [0.717, 1.165) is 0 Å². The Morgan fingerprint density at radius 3 is 2.09 bits per heavy atom. The molecule has 64 valence electrons. The molecule has 0 fully saturated rings. The van der Waals surface area contributed by atoms with Crippen LogP contribution in [0.1, 0.15) is 33.6 Å². The second kappa shape index (κ2) is 4.07. The molecular weight excluding hydrogens is 151 g/mol. The fourth-order valence-corrected chi connectivity index (χ4v) is 1.17. The van der Waals surface area contributed by atoms with Gasteiger partial charge < -0.3 is 0 Å². The van der Waals surface area contributed by atoms with Gasteiger partial charge in [-0.2, -0.15) is 9.90 Å². The minimum Gasteiger partial charge on any atom is -0.153 e. The molecule has 0 nitrogen and oxygen atoms in total. The van der Waals surface area contributed by atoms with Crippen LogP contribution >= 0.6 is 9.90 Å². The van der Waals surface area contributed by atoms with Gasteiger partial charge in [0.25, 0.3) is 0 Å². The normalized spacial score (nSPS) is 17.2. The van der Waals surface area contributed by atoms with Crippen LogP contribution in [0.2, 0.25) is 0 Å². The van der Waals surface area contributed by atoms with E-state index in [1.807, 2.05) is 0 Å². The summed E-state index contributed by atoms with van der Waals surface area (Å²) in [4.78, 5) is 0. The highest BCUT2D eigenvalue weighted by Crippen LogP contribution is 2.28. The molecule has 0 aromatic carbocycles. The second-order valence-corrected chi connectivity index (χ2v) is 3.89. The molecule has 1 atom stereocenters. The smallest absolute Gasteiger partial charge is 0.0135 e. The van der Waals surface area contributed by atoms with Gasteiger partial charge in [0, 0.05) is 0 Å². The van der Waals surface area contributed by atoms with Crippen molar-refractivity contribution in [1.82, 2.24) is 0 Å². The minimum atomic E-state index is 0. The molecule has 0 aromatic rings. The largest absolute Gasteiger partial charge is 0.153 e. The predicted molar refractivity (Wildman–Crippen MR) is 57.0 cm³/mol. The molecule has 1 heteroatoms. The first-order chi connectivity index (χ1) is 4.61. The lowest BCUT2D eigenvalue weighted by Gasteiger charge is -2.22. The fraction of sp³-hybridized carbons (Fsp3) is 0.600. The van der Waals surface area contributed by atoms with Crippen LogP contribution in [-0.4, -0.2) is 0 Å². The van der Waals surface area contributed by atoms with Gasteiger partial charge in [0.15, 0.2) is 0 Å². The average molecular weight is 170 g/mol. The van der Waals surface area contributed by atoms with Gasteiger partial charge in [0.1, 0.15) is 0 Å². The molecule has 1 aliphatic carbocycles. The molecule has 0 radical (unpaired) electrons. The second-order valence-electron chi connectivity index (χ2n) is 3.89. The molecule has 11 heavy (non-hydrogen) atoms. The Balaban J connectivity index is 0.000001000. The topological polar surface area (TPSA) is 0 Å². The van der Waals surface area contributed by atoms with E-state index in [1.165, 1.54) is 18.4 Å². The zero-order chi connectivity index (χ0) is 7.61. The monoisotopic (exact) mass is 170 g/mol. The van der Waals surface area contributed by atoms with Crippen molar-refractivity contribution in [1.29, 1.82) is 0 Å². The van der Waals surface area contributed by atoms with Gasteiger partial charge in [-0.25, -0.2) is 0 Å². The Labute approximate surface area is 73.4 Å². The van der Waals surface area contributed by atoms with Gasteiger partial charge in [-0.1, -0.05) is 39.0 Å². The van der Waals surface area contributed by atoms with E-state index in [9.17, 15) is 0 Å². The van der Waals surface area contributed by atoms with Gasteiger partial charge in [-0.05, 0) is 23.8 Å². The average Bonchev–Trinajstić information content (AvgIpc) is 1.88. The van der Waals surface area contributed by atoms with Gasteiger partial charge in [0.05, 0.1) is 0 Å². The van der Waals surface area contributed by atoms with Crippen LogP contribution in [-0.2, 0) is 0 Å². The zero-order valence-electron chi connectivity index (χ0n) is 7.85. The molecule has 0 heterocycles. The van der Waals surface area contributed by atoms with Crippen molar-refractivity contribution in [3.63, 3.8) is 0 Å². The van der Waals surface area contributed by atoms with E-state index in [2.05, 4.69) is 39.0 Å². The zero-order valence-corrected chi connectivity index (χ0v) is 9.27. The molecule has 1 aliphatic rings. The van der Waals surface area contributed by atoms with Crippen molar-refractivity contribution in [2.24, 2.45) is 5.41 Å². The summed E-state index contributed by atoms with van der Waals surface area (Å²) in [6.07, 6.45) is 9.31. The van der Waals surface area contributed by atoms with Crippen LogP contribution in [0.15, 0.2) is 23.8 Å². The molecule has 0 aliphatic heterocycles. The molecular formula is C10H19P. The molecule has 1 rings (SSSR count). The predicted octanol–water partition coefficient (Wildman–Crippen LogP) is 3.37. The molecule has 0 N–H and O–H groups in total. The third-order valence-corrected chi connectivity index (χ3v) is 1.86. The molecule has 0 saturated carbocycles. The minimum absolute atomic E-state index is 0. The fourth-order valence-electron chi connectivity index (χ4n) is 1.17. The maximum absolute atomic E-state index is 2.35. The first-order valence-corrected chi connectivity index (χ1v) is 3.98. The summed E-state index contributed by atoms with van der Waals surface area (Å²) < 4.78 is 0. The van der Waals surface area contributed by atoms with Crippen molar-refractivity contribution in [3.05, 3.63) is 23.8 Å². The maximum atomic E-state index is 2.35. The Kier molecular flexibility index (Phi) is 4.03. The molecule has 0 amide bonds. The van der Waals surface area contributed by atoms with Crippen LogP contribution < -0.4 is 0 Å². The number of hydrogen-bond donors (Lipinski definition) is 0. The molecule has 0 bridgehead atoms. The Hall–Kier alpha value is -0.0900. The standard InChI is InChI=1S/C10H16.H3P/c1-10(2,3)9-7-5-4-6-8-9;/h5,7-8H,4,6H2,1-3H3;1H3. The van der Waals surface area contributed by atoms with E-state index in [-0.39, 0.29) is 9.90 Å². The number of hydrogen-bond acceptors (Lipinski definition) is 0. The van der Waals surface area contributed by atoms with E-state index in [0.29, 0.717) is 5.41 Å². The summed E-state index contributed by atoms with van der Waals surface area (Å²) in [7, 11) is 0. The summed E-state index contributed by atoms with van der Waals surface area (Å²) in [6.45, 7) is 6.78. The number of rotatable bonds is 0. The Morgan fingerprint density at radius 1 is 1.18 bits per heavy atom. The summed E-state index contributed by atoms with van der Waals surface area (Å²) >= 11 is 0. The van der Waals surface area contributed by atoms with Gasteiger partial charge in [-0.3, -0.25) is 0 Å². The summed E-state index contributed by atoms with van der Waals surface area (Å²) in [5, 5.41) is 0. The third kappa shape index (κ3) is 3.20. The van der Waals surface area contributed by atoms with Crippen molar-refractivity contribution in [2.75, 3.05) is 0 Å². The van der Waals surface area contributed by atoms with Crippen molar-refractivity contribution >= 4 is 9.90 Å². The SMILES string of the molecule is CC(C)(C)C1=CCCC=C1.P. The first-order valence-electron chi connectivity index (χ1n) is 3.98. The Bertz CT molecular complexity index is 170. The van der Waals surface area contributed by atoms with E-state index >= 15 is 0 Å². The summed E-state index contributed by atoms with van der Waals surface area (Å²) in [6, 6.07) is 0. The summed E-state index contributed by atoms with van der Waals surface area (Å²) in [5.74, 6) is 0. The van der Waals surface area contributed by atoms with Crippen LogP contribution in [0.5, 0.6) is 0 Å². The molecule has 1 unspecified atom stereocenters. The summed E-state index contributed by atoms with van der Waals surface area (Å²) in [5.41, 5.74) is 1.83. The lowest BCUT2D eigenvalue weighted by Crippen LogP contribution is -2.08. The van der Waals surface area contributed by atoms with Crippen molar-refractivity contribution in [3.8, 4) is 0 Å². The Morgan fingerprint density at radius 2 is 1.82 bits per heavy atom. The lowest BCUT2D eigenvalue weighted by molar-refractivity contribution is 0.512. The third-order valence-electron chi connectivity index (χ3n) is 1.86. The van der Waals surface area contributed by atoms with E-state index < -0.39 is 0 Å². The van der Waals surface area contributed by atoms with E-state index in [4.69, 9.17) is 0 Å². The maximum Gasteiger partial charge on any atom is -0.0135 e. The van der Waals surface area contributed by atoms with Crippen LogP contribution in [0, 0.1) is 5.41 Å². The van der Waals surface area contributed by atoms with Gasteiger partial charge in [-0.15, -0.1) is 0 Å². The van der Waals surface area contributed by atoms with Crippen LogP contribution in [0.4, 0.5) is 0 Å². The molecule has 0 aromatic heterocycles. The highest BCUT2D eigenvalue weighted by Gasteiger charge is 2.14.